The van der Waals surface area contributed by atoms with Gasteiger partial charge in [-0.25, -0.2) is 4.79 Å². The number of aromatic hydroxyl groups is 2. The van der Waals surface area contributed by atoms with Gasteiger partial charge in [-0.05, 0) is 12.5 Å². The maximum absolute atomic E-state index is 11.9. The Kier molecular flexibility index (Phi) is 2.07. The normalized spacial score (nSPS) is 11.2. The van der Waals surface area contributed by atoms with Gasteiger partial charge in [0.2, 0.25) is 0 Å². The van der Waals surface area contributed by atoms with Gasteiger partial charge < -0.3 is 14.6 Å². The van der Waals surface area contributed by atoms with Crippen LogP contribution >= 0.6 is 0 Å². The SMILES string of the molecule is Cc1cccc2c1c(=O)oc1cc(O)cc(O)c12. The molecule has 0 aliphatic rings. The third-order valence-corrected chi connectivity index (χ3v) is 3.02. The highest BCUT2D eigenvalue weighted by molar-refractivity contribution is 6.08. The largest absolute Gasteiger partial charge is 0.508 e. The van der Waals surface area contributed by atoms with Crippen LogP contribution in [0.2, 0.25) is 0 Å². The molecule has 1 aromatic heterocycles. The lowest BCUT2D eigenvalue weighted by molar-refractivity contribution is 0.452. The number of fused-ring (bicyclic) bond motifs is 3. The molecule has 0 fully saturated rings. The number of rotatable bonds is 0. The predicted molar refractivity (Wildman–Crippen MR) is 68.1 cm³/mol. The molecule has 0 radical (unpaired) electrons. The minimum Gasteiger partial charge on any atom is -0.508 e. The molecule has 90 valence electrons. The highest BCUT2D eigenvalue weighted by Gasteiger charge is 2.13. The van der Waals surface area contributed by atoms with E-state index < -0.39 is 5.63 Å². The average molecular weight is 242 g/mol. The first-order valence-corrected chi connectivity index (χ1v) is 5.46. The van der Waals surface area contributed by atoms with Crippen LogP contribution in [-0.2, 0) is 0 Å². The topological polar surface area (TPSA) is 70.7 Å². The molecule has 18 heavy (non-hydrogen) atoms. The van der Waals surface area contributed by atoms with E-state index in [1.165, 1.54) is 12.1 Å². The molecule has 4 nitrogen and oxygen atoms in total. The summed E-state index contributed by atoms with van der Waals surface area (Å²) in [6.45, 7) is 1.81. The van der Waals surface area contributed by atoms with Crippen LogP contribution < -0.4 is 5.63 Å². The van der Waals surface area contributed by atoms with E-state index in [0.29, 0.717) is 16.2 Å². The quantitative estimate of drug-likeness (QED) is 0.469. The lowest BCUT2D eigenvalue weighted by atomic mass is 10.0. The molecule has 0 aliphatic carbocycles. The summed E-state index contributed by atoms with van der Waals surface area (Å²) in [4.78, 5) is 11.9. The average Bonchev–Trinajstić information content (AvgIpc) is 2.27. The molecule has 0 spiro atoms. The molecule has 3 aromatic rings. The zero-order valence-electron chi connectivity index (χ0n) is 9.60. The van der Waals surface area contributed by atoms with Crippen molar-refractivity contribution in [1.82, 2.24) is 0 Å². The Morgan fingerprint density at radius 1 is 1.11 bits per heavy atom. The zero-order chi connectivity index (χ0) is 12.9. The standard InChI is InChI=1S/C14H10O4/c1-7-3-2-4-9-12(7)14(17)18-11-6-8(15)5-10(16)13(9)11/h2-6,15-16H,1H3. The van der Waals surface area contributed by atoms with E-state index in [4.69, 9.17) is 4.42 Å². The molecule has 0 unspecified atom stereocenters. The highest BCUT2D eigenvalue weighted by atomic mass is 16.4. The van der Waals surface area contributed by atoms with E-state index in [0.717, 1.165) is 5.56 Å². The van der Waals surface area contributed by atoms with E-state index in [9.17, 15) is 15.0 Å². The zero-order valence-corrected chi connectivity index (χ0v) is 9.60. The van der Waals surface area contributed by atoms with Gasteiger partial charge in [-0.15, -0.1) is 0 Å². The van der Waals surface area contributed by atoms with Gasteiger partial charge in [0.1, 0.15) is 17.1 Å². The Morgan fingerprint density at radius 3 is 2.67 bits per heavy atom. The number of benzene rings is 2. The molecular formula is C14H10O4. The smallest absolute Gasteiger partial charge is 0.344 e. The first-order valence-electron chi connectivity index (χ1n) is 5.46. The summed E-state index contributed by atoms with van der Waals surface area (Å²) in [6.07, 6.45) is 0. The first-order chi connectivity index (χ1) is 8.58. The Balaban J connectivity index is 2.70. The van der Waals surface area contributed by atoms with Crippen LogP contribution in [-0.4, -0.2) is 10.2 Å². The second-order valence-electron chi connectivity index (χ2n) is 4.23. The Morgan fingerprint density at radius 2 is 1.89 bits per heavy atom. The second kappa shape index (κ2) is 3.50. The van der Waals surface area contributed by atoms with Crippen LogP contribution in [0, 0.1) is 6.92 Å². The van der Waals surface area contributed by atoms with Crippen molar-refractivity contribution in [3.8, 4) is 11.5 Å². The van der Waals surface area contributed by atoms with Gasteiger partial charge in [0.25, 0.3) is 0 Å². The van der Waals surface area contributed by atoms with Crippen LogP contribution in [0.1, 0.15) is 5.56 Å². The monoisotopic (exact) mass is 242 g/mol. The van der Waals surface area contributed by atoms with Crippen LogP contribution in [0.3, 0.4) is 0 Å². The third-order valence-electron chi connectivity index (χ3n) is 3.02. The highest BCUT2D eigenvalue weighted by Crippen LogP contribution is 2.34. The molecule has 0 saturated heterocycles. The minimum atomic E-state index is -0.472. The van der Waals surface area contributed by atoms with Gasteiger partial charge in [0, 0.05) is 17.5 Å². The van der Waals surface area contributed by atoms with Crippen molar-refractivity contribution >= 4 is 21.7 Å². The summed E-state index contributed by atoms with van der Waals surface area (Å²) < 4.78 is 5.14. The molecule has 0 bridgehead atoms. The molecule has 4 heteroatoms. The molecule has 1 heterocycles. The Hall–Kier alpha value is -2.49. The summed E-state index contributed by atoms with van der Waals surface area (Å²) in [7, 11) is 0. The second-order valence-corrected chi connectivity index (χ2v) is 4.23. The van der Waals surface area contributed by atoms with Crippen molar-refractivity contribution < 1.29 is 14.6 Å². The molecular weight excluding hydrogens is 232 g/mol. The molecule has 2 N–H and O–H groups in total. The van der Waals surface area contributed by atoms with E-state index in [-0.39, 0.29) is 17.1 Å². The fourth-order valence-corrected chi connectivity index (χ4v) is 2.24. The van der Waals surface area contributed by atoms with Crippen LogP contribution in [0.15, 0.2) is 39.5 Å². The number of phenolic OH excluding ortho intramolecular Hbond substituents is 2. The third kappa shape index (κ3) is 1.35. The van der Waals surface area contributed by atoms with E-state index in [1.54, 1.807) is 6.07 Å². The van der Waals surface area contributed by atoms with Gasteiger partial charge in [-0.2, -0.15) is 0 Å². The molecule has 0 saturated carbocycles. The van der Waals surface area contributed by atoms with Crippen LogP contribution in [0.5, 0.6) is 11.5 Å². The van der Waals surface area contributed by atoms with Gasteiger partial charge in [-0.3, -0.25) is 0 Å². The van der Waals surface area contributed by atoms with E-state index in [1.807, 2.05) is 19.1 Å². The molecule has 3 rings (SSSR count). The number of aryl methyl sites for hydroxylation is 1. The van der Waals surface area contributed by atoms with Crippen molar-refractivity contribution in [3.63, 3.8) is 0 Å². The van der Waals surface area contributed by atoms with Crippen molar-refractivity contribution in [3.05, 3.63) is 46.3 Å². The minimum absolute atomic E-state index is 0.107. The van der Waals surface area contributed by atoms with E-state index >= 15 is 0 Å². The predicted octanol–water partition coefficient (Wildman–Crippen LogP) is 2.67. The number of phenols is 2. The van der Waals surface area contributed by atoms with Gasteiger partial charge >= 0.3 is 5.63 Å². The van der Waals surface area contributed by atoms with Crippen molar-refractivity contribution in [2.24, 2.45) is 0 Å². The number of hydrogen-bond acceptors (Lipinski definition) is 4. The first kappa shape index (κ1) is 10.7. The summed E-state index contributed by atoms with van der Waals surface area (Å²) in [5, 5.41) is 20.8. The fraction of sp³-hybridized carbons (Fsp3) is 0.0714. The molecule has 0 aliphatic heterocycles. The fourth-order valence-electron chi connectivity index (χ4n) is 2.24. The molecule has 0 atom stereocenters. The van der Waals surface area contributed by atoms with Crippen LogP contribution in [0.4, 0.5) is 0 Å². The summed E-state index contributed by atoms with van der Waals surface area (Å²) in [5.74, 6) is -0.250. The van der Waals surface area contributed by atoms with Crippen molar-refractivity contribution in [1.29, 1.82) is 0 Å². The summed E-state index contributed by atoms with van der Waals surface area (Å²) >= 11 is 0. The van der Waals surface area contributed by atoms with Gasteiger partial charge in [0.15, 0.2) is 0 Å². The maximum Gasteiger partial charge on any atom is 0.344 e. The maximum atomic E-state index is 11.9. The van der Waals surface area contributed by atoms with E-state index in [2.05, 4.69) is 0 Å². The summed E-state index contributed by atoms with van der Waals surface area (Å²) in [5.41, 5.74) is 0.492. The van der Waals surface area contributed by atoms with Gasteiger partial charge in [-0.1, -0.05) is 18.2 Å². The molecule has 0 amide bonds. The summed E-state index contributed by atoms with van der Waals surface area (Å²) in [6, 6.07) is 7.91. The Bertz CT molecular complexity index is 830. The molecule has 2 aromatic carbocycles. The Labute approximate surface area is 102 Å². The lowest BCUT2D eigenvalue weighted by Crippen LogP contribution is -2.01. The van der Waals surface area contributed by atoms with Crippen molar-refractivity contribution in [2.75, 3.05) is 0 Å². The lowest BCUT2D eigenvalue weighted by Gasteiger charge is -2.06. The van der Waals surface area contributed by atoms with Crippen LogP contribution in [0.25, 0.3) is 21.7 Å². The number of hydrogen-bond donors (Lipinski definition) is 2. The van der Waals surface area contributed by atoms with Crippen molar-refractivity contribution in [2.45, 2.75) is 6.92 Å². The van der Waals surface area contributed by atoms with Gasteiger partial charge in [0.05, 0.1) is 10.8 Å².